The summed E-state index contributed by atoms with van der Waals surface area (Å²) in [5.74, 6) is 0.738. The van der Waals surface area contributed by atoms with Gasteiger partial charge in [0, 0.05) is 5.56 Å². The first-order valence-electron chi connectivity index (χ1n) is 6.39. The maximum atomic E-state index is 12.1. The van der Waals surface area contributed by atoms with Crippen LogP contribution in [0.25, 0.3) is 28.1 Å². The molecule has 2 aromatic carbocycles. The lowest BCUT2D eigenvalue weighted by atomic mass is 10.2. The first-order chi connectivity index (χ1) is 10.2. The molecule has 2 heterocycles. The summed E-state index contributed by atoms with van der Waals surface area (Å²) in [6.07, 6.45) is 0. The number of fused-ring (bicyclic) bond motifs is 3. The third-order valence-corrected chi connectivity index (χ3v) is 3.38. The molecule has 0 atom stereocenters. The van der Waals surface area contributed by atoms with E-state index in [-0.39, 0.29) is 17.0 Å². The molecule has 0 aliphatic carbocycles. The second kappa shape index (κ2) is 4.17. The van der Waals surface area contributed by atoms with Gasteiger partial charge in [-0.05, 0) is 36.4 Å². The predicted octanol–water partition coefficient (Wildman–Crippen LogP) is 1.94. The van der Waals surface area contributed by atoms with Gasteiger partial charge in [0.1, 0.15) is 5.75 Å². The van der Waals surface area contributed by atoms with Gasteiger partial charge in [-0.15, -0.1) is 10.2 Å². The van der Waals surface area contributed by atoms with Gasteiger partial charge in [-0.1, -0.05) is 12.1 Å². The zero-order valence-corrected chi connectivity index (χ0v) is 10.8. The molecule has 0 amide bonds. The molecular formula is C15H10N4O2. The number of rotatable bonds is 1. The van der Waals surface area contributed by atoms with Crippen LogP contribution in [0.4, 0.5) is 0 Å². The number of hydrogen-bond donors (Lipinski definition) is 2. The largest absolute Gasteiger partial charge is 0.508 e. The van der Waals surface area contributed by atoms with E-state index in [2.05, 4.69) is 15.2 Å². The van der Waals surface area contributed by atoms with Crippen molar-refractivity contribution in [3.63, 3.8) is 0 Å². The zero-order valence-electron chi connectivity index (χ0n) is 10.8. The summed E-state index contributed by atoms with van der Waals surface area (Å²) in [7, 11) is 0. The monoisotopic (exact) mass is 278 g/mol. The molecule has 21 heavy (non-hydrogen) atoms. The summed E-state index contributed by atoms with van der Waals surface area (Å²) < 4.78 is 1.72. The molecule has 0 aliphatic heterocycles. The predicted molar refractivity (Wildman–Crippen MR) is 78.2 cm³/mol. The Labute approximate surface area is 118 Å². The lowest BCUT2D eigenvalue weighted by molar-refractivity contribution is 0.475. The third-order valence-electron chi connectivity index (χ3n) is 3.38. The van der Waals surface area contributed by atoms with Gasteiger partial charge in [0.15, 0.2) is 5.82 Å². The van der Waals surface area contributed by atoms with Crippen LogP contribution in [0.3, 0.4) is 0 Å². The molecular weight excluding hydrogens is 268 g/mol. The van der Waals surface area contributed by atoms with Crippen molar-refractivity contribution < 1.29 is 5.11 Å². The van der Waals surface area contributed by atoms with Crippen LogP contribution in [0.1, 0.15) is 0 Å². The third kappa shape index (κ3) is 1.69. The standard InChI is InChI=1S/C15H10N4O2/c20-10-7-5-9(6-8-10)13-17-18-14-15(21)16-11-3-1-2-4-12(11)19(13)14/h1-8,20H,(H,16,21). The average Bonchev–Trinajstić information content (AvgIpc) is 2.94. The molecule has 0 spiro atoms. The highest BCUT2D eigenvalue weighted by molar-refractivity contribution is 5.79. The van der Waals surface area contributed by atoms with Crippen molar-refractivity contribution in [1.82, 2.24) is 19.6 Å². The smallest absolute Gasteiger partial charge is 0.294 e. The molecule has 0 aliphatic rings. The zero-order chi connectivity index (χ0) is 14.4. The molecule has 0 fully saturated rings. The lowest BCUT2D eigenvalue weighted by Crippen LogP contribution is -2.11. The summed E-state index contributed by atoms with van der Waals surface area (Å²) in [5.41, 5.74) is 2.27. The van der Waals surface area contributed by atoms with Crippen molar-refractivity contribution in [1.29, 1.82) is 0 Å². The normalized spacial score (nSPS) is 11.2. The minimum atomic E-state index is -0.286. The number of nitrogens with zero attached hydrogens (tertiary/aromatic N) is 3. The van der Waals surface area contributed by atoms with Crippen molar-refractivity contribution in [2.45, 2.75) is 0 Å². The van der Waals surface area contributed by atoms with Crippen LogP contribution in [0, 0.1) is 0 Å². The van der Waals surface area contributed by atoms with Crippen LogP contribution in [0.5, 0.6) is 5.75 Å². The van der Waals surface area contributed by atoms with Crippen LogP contribution in [0.2, 0.25) is 0 Å². The van der Waals surface area contributed by atoms with E-state index in [1.54, 1.807) is 28.7 Å². The first-order valence-corrected chi connectivity index (χ1v) is 6.39. The SMILES string of the molecule is O=c1[nH]c2ccccc2n2c(-c3ccc(O)cc3)nnc12. The van der Waals surface area contributed by atoms with Crippen LogP contribution >= 0.6 is 0 Å². The fraction of sp³-hybridized carbons (Fsp3) is 0. The van der Waals surface area contributed by atoms with Gasteiger partial charge < -0.3 is 10.1 Å². The quantitative estimate of drug-likeness (QED) is 0.557. The molecule has 4 aromatic rings. The van der Waals surface area contributed by atoms with Gasteiger partial charge >= 0.3 is 0 Å². The van der Waals surface area contributed by atoms with E-state index < -0.39 is 0 Å². The molecule has 0 saturated heterocycles. The van der Waals surface area contributed by atoms with Gasteiger partial charge in [-0.3, -0.25) is 9.20 Å². The minimum absolute atomic E-state index is 0.176. The molecule has 0 unspecified atom stereocenters. The molecule has 0 saturated carbocycles. The molecule has 4 rings (SSSR count). The number of phenolic OH excluding ortho intramolecular Hbond substituents is 1. The molecule has 0 radical (unpaired) electrons. The van der Waals surface area contributed by atoms with Crippen LogP contribution in [-0.4, -0.2) is 24.7 Å². The Morgan fingerprint density at radius 2 is 1.76 bits per heavy atom. The molecule has 0 bridgehead atoms. The second-order valence-electron chi connectivity index (χ2n) is 4.70. The number of aromatic hydroxyl groups is 1. The number of nitrogens with one attached hydrogen (secondary N) is 1. The van der Waals surface area contributed by atoms with Crippen molar-refractivity contribution in [2.75, 3.05) is 0 Å². The Morgan fingerprint density at radius 3 is 2.57 bits per heavy atom. The van der Waals surface area contributed by atoms with Crippen molar-refractivity contribution >= 4 is 16.7 Å². The first kappa shape index (κ1) is 11.7. The highest BCUT2D eigenvalue weighted by Crippen LogP contribution is 2.22. The average molecular weight is 278 g/mol. The topological polar surface area (TPSA) is 83.3 Å². The number of hydrogen-bond acceptors (Lipinski definition) is 4. The minimum Gasteiger partial charge on any atom is -0.508 e. The maximum absolute atomic E-state index is 12.1. The van der Waals surface area contributed by atoms with Gasteiger partial charge in [0.25, 0.3) is 5.56 Å². The van der Waals surface area contributed by atoms with Crippen LogP contribution in [0.15, 0.2) is 53.3 Å². The molecule has 2 N–H and O–H groups in total. The van der Waals surface area contributed by atoms with E-state index in [4.69, 9.17) is 0 Å². The Bertz CT molecular complexity index is 1020. The fourth-order valence-electron chi connectivity index (χ4n) is 2.41. The summed E-state index contributed by atoms with van der Waals surface area (Å²) >= 11 is 0. The molecule has 102 valence electrons. The number of phenols is 1. The highest BCUT2D eigenvalue weighted by atomic mass is 16.3. The van der Waals surface area contributed by atoms with E-state index in [1.165, 1.54) is 0 Å². The Balaban J connectivity index is 2.15. The lowest BCUT2D eigenvalue weighted by Gasteiger charge is -2.04. The Morgan fingerprint density at radius 1 is 1.00 bits per heavy atom. The number of H-pyrrole nitrogens is 1. The summed E-state index contributed by atoms with van der Waals surface area (Å²) in [6.45, 7) is 0. The highest BCUT2D eigenvalue weighted by Gasteiger charge is 2.13. The Hall–Kier alpha value is -3.15. The summed E-state index contributed by atoms with van der Waals surface area (Å²) in [4.78, 5) is 14.9. The number of aromatic nitrogens is 4. The molecule has 6 nitrogen and oxygen atoms in total. The van der Waals surface area contributed by atoms with Gasteiger partial charge in [0.2, 0.25) is 5.65 Å². The number of benzene rings is 2. The number of para-hydroxylation sites is 2. The molecule has 2 aromatic heterocycles. The summed E-state index contributed by atoms with van der Waals surface area (Å²) in [5, 5.41) is 17.5. The van der Waals surface area contributed by atoms with E-state index in [9.17, 15) is 9.90 Å². The second-order valence-corrected chi connectivity index (χ2v) is 4.70. The Kier molecular flexibility index (Phi) is 2.32. The van der Waals surface area contributed by atoms with Gasteiger partial charge in [-0.2, -0.15) is 0 Å². The van der Waals surface area contributed by atoms with E-state index in [0.717, 1.165) is 16.6 Å². The molecule has 6 heteroatoms. The van der Waals surface area contributed by atoms with E-state index in [0.29, 0.717) is 5.82 Å². The van der Waals surface area contributed by atoms with Crippen LogP contribution < -0.4 is 5.56 Å². The van der Waals surface area contributed by atoms with Crippen molar-refractivity contribution in [2.24, 2.45) is 0 Å². The van der Waals surface area contributed by atoms with E-state index >= 15 is 0 Å². The van der Waals surface area contributed by atoms with E-state index in [1.807, 2.05) is 24.3 Å². The van der Waals surface area contributed by atoms with Crippen LogP contribution in [-0.2, 0) is 0 Å². The maximum Gasteiger partial charge on any atom is 0.294 e. The van der Waals surface area contributed by atoms with Crippen molar-refractivity contribution in [3.8, 4) is 17.1 Å². The van der Waals surface area contributed by atoms with Gasteiger partial charge in [0.05, 0.1) is 11.0 Å². The summed E-state index contributed by atoms with van der Waals surface area (Å²) in [6, 6.07) is 14.1. The number of aromatic amines is 1. The fourth-order valence-corrected chi connectivity index (χ4v) is 2.41. The van der Waals surface area contributed by atoms with Gasteiger partial charge in [-0.25, -0.2) is 0 Å². The van der Waals surface area contributed by atoms with Crippen molar-refractivity contribution in [3.05, 3.63) is 58.9 Å².